The zero-order valence-corrected chi connectivity index (χ0v) is 16.6. The summed E-state index contributed by atoms with van der Waals surface area (Å²) in [4.78, 5) is 27.8. The van der Waals surface area contributed by atoms with Crippen molar-refractivity contribution in [3.8, 4) is 0 Å². The number of hydrogen-bond donors (Lipinski definition) is 1. The van der Waals surface area contributed by atoms with E-state index in [1.807, 2.05) is 38.4 Å². The van der Waals surface area contributed by atoms with Crippen LogP contribution in [-0.2, 0) is 10.2 Å². The van der Waals surface area contributed by atoms with Gasteiger partial charge in [-0.3, -0.25) is 9.59 Å². The first kappa shape index (κ1) is 21.2. The minimum atomic E-state index is -0.0998. The molecule has 0 saturated heterocycles. The Balaban J connectivity index is 2.47. The molecule has 2 amide bonds. The predicted octanol–water partition coefficient (Wildman–Crippen LogP) is 2.51. The molecule has 0 aliphatic rings. The van der Waals surface area contributed by atoms with Gasteiger partial charge < -0.3 is 15.1 Å². The number of amides is 2. The second-order valence-electron chi connectivity index (χ2n) is 7.75. The van der Waals surface area contributed by atoms with Crippen molar-refractivity contribution >= 4 is 11.8 Å². The first-order chi connectivity index (χ1) is 11.6. The molecule has 5 heteroatoms. The van der Waals surface area contributed by atoms with Gasteiger partial charge in [0.2, 0.25) is 5.91 Å². The monoisotopic (exact) mass is 347 g/mol. The van der Waals surface area contributed by atoms with Crippen molar-refractivity contribution in [2.24, 2.45) is 0 Å². The third-order valence-corrected chi connectivity index (χ3v) is 4.16. The number of nitrogens with zero attached hydrogens (tertiary/aromatic N) is 2. The number of hydrogen-bond acceptors (Lipinski definition) is 3. The quantitative estimate of drug-likeness (QED) is 0.786. The molecule has 1 N–H and O–H groups in total. The second kappa shape index (κ2) is 9.56. The molecule has 0 bridgehead atoms. The van der Waals surface area contributed by atoms with Crippen LogP contribution >= 0.6 is 0 Å². The number of rotatable bonds is 8. The highest BCUT2D eigenvalue weighted by Gasteiger charge is 2.14. The molecule has 0 aromatic heterocycles. The fourth-order valence-electron chi connectivity index (χ4n) is 2.53. The van der Waals surface area contributed by atoms with Crippen molar-refractivity contribution in [3.05, 3.63) is 35.4 Å². The first-order valence-corrected chi connectivity index (χ1v) is 8.90. The molecule has 0 radical (unpaired) electrons. The lowest BCUT2D eigenvalue weighted by molar-refractivity contribution is -0.128. The maximum atomic E-state index is 12.2. The Morgan fingerprint density at radius 2 is 1.60 bits per heavy atom. The molecule has 0 heterocycles. The molecule has 0 spiro atoms. The summed E-state index contributed by atoms with van der Waals surface area (Å²) < 4.78 is 0. The van der Waals surface area contributed by atoms with Crippen molar-refractivity contribution < 1.29 is 9.59 Å². The van der Waals surface area contributed by atoms with Gasteiger partial charge in [-0.05, 0) is 50.2 Å². The standard InChI is InChI=1S/C20H33N3O2/c1-16(24)23(14-7-13-22(5)6)15-12-21-19(25)17-8-10-18(11-9-17)20(2,3)4/h8-11H,7,12-15H2,1-6H3,(H,21,25). The molecule has 0 fully saturated rings. The fraction of sp³-hybridized carbons (Fsp3) is 0.600. The van der Waals surface area contributed by atoms with Crippen LogP contribution in [0.25, 0.3) is 0 Å². The summed E-state index contributed by atoms with van der Waals surface area (Å²) in [6.45, 7) is 10.7. The Labute approximate surface area is 152 Å². The minimum absolute atomic E-state index is 0.0440. The third kappa shape index (κ3) is 7.69. The lowest BCUT2D eigenvalue weighted by atomic mass is 9.87. The molecule has 5 nitrogen and oxygen atoms in total. The van der Waals surface area contributed by atoms with Gasteiger partial charge in [0.15, 0.2) is 0 Å². The van der Waals surface area contributed by atoms with Crippen LogP contribution in [0.3, 0.4) is 0 Å². The van der Waals surface area contributed by atoms with Crippen LogP contribution in [0.2, 0.25) is 0 Å². The SMILES string of the molecule is CC(=O)N(CCCN(C)C)CCNC(=O)c1ccc(C(C)(C)C)cc1. The van der Waals surface area contributed by atoms with Crippen LogP contribution in [0.15, 0.2) is 24.3 Å². The zero-order valence-electron chi connectivity index (χ0n) is 16.6. The average Bonchev–Trinajstić information content (AvgIpc) is 2.52. The van der Waals surface area contributed by atoms with Gasteiger partial charge in [-0.2, -0.15) is 0 Å². The van der Waals surface area contributed by atoms with Gasteiger partial charge in [0, 0.05) is 32.1 Å². The van der Waals surface area contributed by atoms with E-state index in [1.165, 1.54) is 5.56 Å². The highest BCUT2D eigenvalue weighted by molar-refractivity contribution is 5.94. The van der Waals surface area contributed by atoms with Crippen LogP contribution in [0, 0.1) is 0 Å². The highest BCUT2D eigenvalue weighted by atomic mass is 16.2. The molecule has 0 aliphatic carbocycles. The average molecular weight is 348 g/mol. The smallest absolute Gasteiger partial charge is 0.251 e. The molecule has 1 aromatic carbocycles. The van der Waals surface area contributed by atoms with E-state index >= 15 is 0 Å². The number of benzene rings is 1. The number of carbonyl (C=O) groups excluding carboxylic acids is 2. The Kier molecular flexibility index (Phi) is 8.10. The highest BCUT2D eigenvalue weighted by Crippen LogP contribution is 2.22. The largest absolute Gasteiger partial charge is 0.350 e. The molecular weight excluding hydrogens is 314 g/mol. The van der Waals surface area contributed by atoms with Gasteiger partial charge in [-0.15, -0.1) is 0 Å². The summed E-state index contributed by atoms with van der Waals surface area (Å²) >= 11 is 0. The van der Waals surface area contributed by atoms with E-state index in [4.69, 9.17) is 0 Å². The summed E-state index contributed by atoms with van der Waals surface area (Å²) in [5, 5.41) is 2.90. The lowest BCUT2D eigenvalue weighted by Gasteiger charge is -2.22. The predicted molar refractivity (Wildman–Crippen MR) is 103 cm³/mol. The van der Waals surface area contributed by atoms with E-state index in [2.05, 4.69) is 31.0 Å². The fourth-order valence-corrected chi connectivity index (χ4v) is 2.53. The summed E-state index contributed by atoms with van der Waals surface area (Å²) in [6.07, 6.45) is 0.925. The number of nitrogens with one attached hydrogen (secondary N) is 1. The summed E-state index contributed by atoms with van der Waals surface area (Å²) in [6, 6.07) is 7.71. The van der Waals surface area contributed by atoms with Crippen molar-refractivity contribution in [3.63, 3.8) is 0 Å². The molecule has 140 valence electrons. The van der Waals surface area contributed by atoms with Crippen LogP contribution in [-0.4, -0.2) is 61.9 Å². The van der Waals surface area contributed by atoms with E-state index in [-0.39, 0.29) is 17.2 Å². The van der Waals surface area contributed by atoms with Crippen LogP contribution in [0.4, 0.5) is 0 Å². The maximum Gasteiger partial charge on any atom is 0.251 e. The third-order valence-electron chi connectivity index (χ3n) is 4.16. The molecular formula is C20H33N3O2. The van der Waals surface area contributed by atoms with E-state index in [0.717, 1.165) is 13.0 Å². The molecule has 0 saturated carbocycles. The topological polar surface area (TPSA) is 52.7 Å². The number of carbonyl (C=O) groups is 2. The molecule has 0 unspecified atom stereocenters. The van der Waals surface area contributed by atoms with E-state index < -0.39 is 0 Å². The first-order valence-electron chi connectivity index (χ1n) is 8.90. The Bertz CT molecular complexity index is 559. The van der Waals surface area contributed by atoms with Gasteiger partial charge in [-0.1, -0.05) is 32.9 Å². The molecule has 25 heavy (non-hydrogen) atoms. The van der Waals surface area contributed by atoms with E-state index in [0.29, 0.717) is 25.2 Å². The zero-order chi connectivity index (χ0) is 19.0. The van der Waals surface area contributed by atoms with Gasteiger partial charge in [0.1, 0.15) is 0 Å². The van der Waals surface area contributed by atoms with Crippen molar-refractivity contribution in [1.82, 2.24) is 15.1 Å². The normalized spacial score (nSPS) is 11.5. The Morgan fingerprint density at radius 3 is 2.08 bits per heavy atom. The van der Waals surface area contributed by atoms with Gasteiger partial charge in [0.05, 0.1) is 0 Å². The van der Waals surface area contributed by atoms with Gasteiger partial charge in [-0.25, -0.2) is 0 Å². The van der Waals surface area contributed by atoms with Crippen LogP contribution in [0.1, 0.15) is 50.0 Å². The molecule has 1 rings (SSSR count). The van der Waals surface area contributed by atoms with Crippen molar-refractivity contribution in [2.75, 3.05) is 40.3 Å². The molecule has 0 atom stereocenters. The molecule has 1 aromatic rings. The van der Waals surface area contributed by atoms with Crippen LogP contribution < -0.4 is 5.32 Å². The van der Waals surface area contributed by atoms with Gasteiger partial charge in [0.25, 0.3) is 5.91 Å². The minimum Gasteiger partial charge on any atom is -0.350 e. The van der Waals surface area contributed by atoms with Gasteiger partial charge >= 0.3 is 0 Å². The summed E-state index contributed by atoms with van der Waals surface area (Å²) in [5.41, 5.74) is 1.92. The van der Waals surface area contributed by atoms with Crippen LogP contribution in [0.5, 0.6) is 0 Å². The summed E-state index contributed by atoms with van der Waals surface area (Å²) in [7, 11) is 4.03. The lowest BCUT2D eigenvalue weighted by Crippen LogP contribution is -2.38. The molecule has 0 aliphatic heterocycles. The second-order valence-corrected chi connectivity index (χ2v) is 7.75. The Hall–Kier alpha value is -1.88. The van der Waals surface area contributed by atoms with Crippen molar-refractivity contribution in [2.45, 2.75) is 39.5 Å². The maximum absolute atomic E-state index is 12.2. The van der Waals surface area contributed by atoms with E-state index in [1.54, 1.807) is 11.8 Å². The van der Waals surface area contributed by atoms with E-state index in [9.17, 15) is 9.59 Å². The summed E-state index contributed by atoms with van der Waals surface area (Å²) in [5.74, 6) is -0.0558. The van der Waals surface area contributed by atoms with Crippen molar-refractivity contribution in [1.29, 1.82) is 0 Å². The Morgan fingerprint density at radius 1 is 1.00 bits per heavy atom.